The Kier molecular flexibility index (Phi) is 8.97. The minimum Gasteiger partial charge on any atom is -0.493 e. The SMILES string of the molecule is COc1ccc(C2=NN(C(=O)c3ccc(OCCOCCN)cc3)CCC2)cc1OC1CCCC1. The first-order valence-corrected chi connectivity index (χ1v) is 12.4. The van der Waals surface area contributed by atoms with Crippen LogP contribution >= 0.6 is 0 Å². The van der Waals surface area contributed by atoms with Crippen LogP contribution in [0.2, 0.25) is 0 Å². The van der Waals surface area contributed by atoms with Crippen LogP contribution in [0, 0.1) is 0 Å². The molecule has 1 amide bonds. The van der Waals surface area contributed by atoms with E-state index >= 15 is 0 Å². The summed E-state index contributed by atoms with van der Waals surface area (Å²) >= 11 is 0. The van der Waals surface area contributed by atoms with Crippen molar-refractivity contribution in [1.82, 2.24) is 5.01 Å². The first kappa shape index (κ1) is 25.0. The van der Waals surface area contributed by atoms with Crippen LogP contribution in [-0.4, -0.2) is 62.8 Å². The van der Waals surface area contributed by atoms with E-state index < -0.39 is 0 Å². The van der Waals surface area contributed by atoms with Crippen LogP contribution in [0.3, 0.4) is 0 Å². The molecule has 0 aromatic heterocycles. The molecule has 8 nitrogen and oxygen atoms in total. The molecule has 1 aliphatic heterocycles. The highest BCUT2D eigenvalue weighted by Crippen LogP contribution is 2.33. The molecule has 0 saturated heterocycles. The summed E-state index contributed by atoms with van der Waals surface area (Å²) in [5, 5.41) is 6.26. The third-order valence-corrected chi connectivity index (χ3v) is 6.21. The Labute approximate surface area is 207 Å². The van der Waals surface area contributed by atoms with Gasteiger partial charge in [-0.15, -0.1) is 0 Å². The summed E-state index contributed by atoms with van der Waals surface area (Å²) < 4.78 is 22.7. The maximum atomic E-state index is 13.1. The van der Waals surface area contributed by atoms with Crippen molar-refractivity contribution in [3.63, 3.8) is 0 Å². The molecule has 0 unspecified atom stereocenters. The van der Waals surface area contributed by atoms with Crippen LogP contribution in [0.1, 0.15) is 54.4 Å². The van der Waals surface area contributed by atoms with Crippen LogP contribution in [0.15, 0.2) is 47.6 Å². The number of methoxy groups -OCH3 is 1. The van der Waals surface area contributed by atoms with Crippen LogP contribution in [0.4, 0.5) is 0 Å². The van der Waals surface area contributed by atoms with Crippen LogP contribution in [0.5, 0.6) is 17.2 Å². The van der Waals surface area contributed by atoms with Gasteiger partial charge in [-0.25, -0.2) is 5.01 Å². The van der Waals surface area contributed by atoms with Gasteiger partial charge < -0.3 is 24.7 Å². The summed E-state index contributed by atoms with van der Waals surface area (Å²) in [5.74, 6) is 2.02. The Bertz CT molecular complexity index is 1000. The van der Waals surface area contributed by atoms with E-state index in [1.807, 2.05) is 18.2 Å². The second kappa shape index (κ2) is 12.6. The molecule has 8 heteroatoms. The number of nitrogens with two attached hydrogens (primary N) is 1. The minimum absolute atomic E-state index is 0.129. The van der Waals surface area contributed by atoms with Gasteiger partial charge in [0, 0.05) is 24.2 Å². The van der Waals surface area contributed by atoms with Crippen LogP contribution in [-0.2, 0) is 4.74 Å². The van der Waals surface area contributed by atoms with Gasteiger partial charge in [0.2, 0.25) is 0 Å². The fraction of sp³-hybridized carbons (Fsp3) is 0.481. The monoisotopic (exact) mass is 481 g/mol. The van der Waals surface area contributed by atoms with Crippen molar-refractivity contribution in [2.75, 3.05) is 40.0 Å². The van der Waals surface area contributed by atoms with Crippen molar-refractivity contribution >= 4 is 11.6 Å². The van der Waals surface area contributed by atoms with E-state index in [2.05, 4.69) is 0 Å². The fourth-order valence-corrected chi connectivity index (χ4v) is 4.37. The molecule has 1 saturated carbocycles. The standard InChI is InChI=1S/C27H35N3O5/c1-32-25-13-10-21(19-26(25)35-23-5-2-3-6-23)24-7-4-15-30(29-24)27(31)20-8-11-22(12-9-20)34-18-17-33-16-14-28/h8-13,19,23H,2-7,14-18,28H2,1H3. The zero-order valence-electron chi connectivity index (χ0n) is 20.4. The number of nitrogens with zero attached hydrogens (tertiary/aromatic N) is 2. The smallest absolute Gasteiger partial charge is 0.273 e. The lowest BCUT2D eigenvalue weighted by Crippen LogP contribution is -2.32. The summed E-state index contributed by atoms with van der Waals surface area (Å²) in [6.45, 7) is 2.50. The van der Waals surface area contributed by atoms with Crippen LogP contribution in [0.25, 0.3) is 0 Å². The average Bonchev–Trinajstić information content (AvgIpc) is 3.42. The van der Waals surface area contributed by atoms with E-state index in [1.165, 1.54) is 12.8 Å². The molecular formula is C27H35N3O5. The van der Waals surface area contributed by atoms with Gasteiger partial charge in [-0.1, -0.05) is 0 Å². The Hall–Kier alpha value is -3.10. The van der Waals surface area contributed by atoms with Crippen LogP contribution < -0.4 is 19.9 Å². The van der Waals surface area contributed by atoms with E-state index in [0.717, 1.165) is 48.5 Å². The van der Waals surface area contributed by atoms with Gasteiger partial charge in [0.05, 0.1) is 32.1 Å². The number of hydrogen-bond acceptors (Lipinski definition) is 7. The number of ether oxygens (including phenoxy) is 4. The van der Waals surface area contributed by atoms with Gasteiger partial charge >= 0.3 is 0 Å². The quantitative estimate of drug-likeness (QED) is 0.487. The number of rotatable bonds is 11. The Morgan fingerprint density at radius 1 is 1.03 bits per heavy atom. The average molecular weight is 482 g/mol. The van der Waals surface area contributed by atoms with Gasteiger partial charge in [0.1, 0.15) is 12.4 Å². The number of hydrogen-bond donors (Lipinski definition) is 1. The molecule has 0 bridgehead atoms. The van der Waals surface area contributed by atoms with E-state index in [9.17, 15) is 4.79 Å². The summed E-state index contributed by atoms with van der Waals surface area (Å²) in [4.78, 5) is 13.1. The second-order valence-electron chi connectivity index (χ2n) is 8.74. The summed E-state index contributed by atoms with van der Waals surface area (Å²) in [6.07, 6.45) is 6.43. The molecule has 35 heavy (non-hydrogen) atoms. The van der Waals surface area contributed by atoms with Crippen molar-refractivity contribution in [2.45, 2.75) is 44.6 Å². The lowest BCUT2D eigenvalue weighted by Gasteiger charge is -2.24. The lowest BCUT2D eigenvalue weighted by molar-refractivity contribution is 0.0751. The predicted octanol–water partition coefficient (Wildman–Crippen LogP) is 4.01. The Balaban J connectivity index is 1.42. The molecule has 1 fully saturated rings. The zero-order chi connectivity index (χ0) is 24.5. The number of carbonyl (C=O) groups excluding carboxylic acids is 1. The molecule has 1 aliphatic carbocycles. The van der Waals surface area contributed by atoms with Crippen molar-refractivity contribution in [3.05, 3.63) is 53.6 Å². The molecule has 0 radical (unpaired) electrons. The highest BCUT2D eigenvalue weighted by Gasteiger charge is 2.23. The predicted molar refractivity (Wildman–Crippen MR) is 134 cm³/mol. The maximum Gasteiger partial charge on any atom is 0.273 e. The minimum atomic E-state index is -0.129. The summed E-state index contributed by atoms with van der Waals surface area (Å²) in [6, 6.07) is 13.0. The van der Waals surface area contributed by atoms with Crippen molar-refractivity contribution in [3.8, 4) is 17.2 Å². The molecule has 2 aliphatic rings. The summed E-state index contributed by atoms with van der Waals surface area (Å²) in [5.41, 5.74) is 7.80. The topological polar surface area (TPSA) is 95.6 Å². The maximum absolute atomic E-state index is 13.1. The summed E-state index contributed by atoms with van der Waals surface area (Å²) in [7, 11) is 1.65. The lowest BCUT2D eigenvalue weighted by atomic mass is 10.0. The van der Waals surface area contributed by atoms with Crippen molar-refractivity contribution < 1.29 is 23.7 Å². The first-order valence-electron chi connectivity index (χ1n) is 12.4. The fourth-order valence-electron chi connectivity index (χ4n) is 4.37. The van der Waals surface area contributed by atoms with E-state index in [1.54, 1.807) is 36.4 Å². The second-order valence-corrected chi connectivity index (χ2v) is 8.74. The first-order chi connectivity index (χ1) is 17.2. The highest BCUT2D eigenvalue weighted by molar-refractivity contribution is 6.03. The van der Waals surface area contributed by atoms with Crippen molar-refractivity contribution in [1.29, 1.82) is 0 Å². The molecule has 0 spiro atoms. The van der Waals surface area contributed by atoms with E-state index in [0.29, 0.717) is 44.2 Å². The molecule has 4 rings (SSSR count). The number of carbonyl (C=O) groups is 1. The van der Waals surface area contributed by atoms with Gasteiger partial charge in [-0.2, -0.15) is 5.10 Å². The Morgan fingerprint density at radius 2 is 1.83 bits per heavy atom. The third-order valence-electron chi connectivity index (χ3n) is 6.21. The number of benzene rings is 2. The normalized spacial score (nSPS) is 16.2. The third kappa shape index (κ3) is 6.74. The van der Waals surface area contributed by atoms with Gasteiger partial charge in [0.15, 0.2) is 11.5 Å². The van der Waals surface area contributed by atoms with Gasteiger partial charge in [-0.3, -0.25) is 4.79 Å². The molecule has 0 atom stereocenters. The molecular weight excluding hydrogens is 446 g/mol. The van der Waals surface area contributed by atoms with Crippen molar-refractivity contribution in [2.24, 2.45) is 10.8 Å². The highest BCUT2D eigenvalue weighted by atomic mass is 16.5. The molecule has 1 heterocycles. The zero-order valence-corrected chi connectivity index (χ0v) is 20.4. The molecule has 2 aromatic carbocycles. The number of amides is 1. The largest absolute Gasteiger partial charge is 0.493 e. The molecule has 2 N–H and O–H groups in total. The number of hydrazone groups is 1. The molecule has 2 aromatic rings. The van der Waals surface area contributed by atoms with Gasteiger partial charge in [0.25, 0.3) is 5.91 Å². The van der Waals surface area contributed by atoms with E-state index in [4.69, 9.17) is 29.8 Å². The molecule has 188 valence electrons. The van der Waals surface area contributed by atoms with E-state index in [-0.39, 0.29) is 12.0 Å². The van der Waals surface area contributed by atoms with Gasteiger partial charge in [-0.05, 0) is 81.0 Å². The Morgan fingerprint density at radius 3 is 2.57 bits per heavy atom.